The van der Waals surface area contributed by atoms with Crippen molar-refractivity contribution in [3.05, 3.63) is 35.9 Å². The molecule has 1 rings (SSSR count). The quantitative estimate of drug-likeness (QED) is 0.0842. The third-order valence-corrected chi connectivity index (χ3v) is 7.13. The molecule has 1 N–H and O–H groups in total. The first-order chi connectivity index (χ1) is 18.0. The van der Waals surface area contributed by atoms with Gasteiger partial charge in [-0.2, -0.15) is 0 Å². The third kappa shape index (κ3) is 16.3. The zero-order valence-electron chi connectivity index (χ0n) is 23.6. The zero-order valence-corrected chi connectivity index (χ0v) is 23.6. The molecule has 0 radical (unpaired) electrons. The summed E-state index contributed by atoms with van der Waals surface area (Å²) in [7, 11) is 0. The van der Waals surface area contributed by atoms with E-state index in [9.17, 15) is 19.5 Å². The number of hydrogen-bond donors (Lipinski definition) is 1. The van der Waals surface area contributed by atoms with E-state index in [-0.39, 0.29) is 18.2 Å². The van der Waals surface area contributed by atoms with Crippen LogP contribution in [0, 0.1) is 5.92 Å². The van der Waals surface area contributed by atoms with Crippen molar-refractivity contribution in [3.63, 3.8) is 0 Å². The molecule has 0 fully saturated rings. The number of ketones is 1. The molecule has 1 unspecified atom stereocenters. The SMILES string of the molecule is CCCCCCCCCCCC(OC(=O)CCCCCCCCC)[C@@H](CC(=O)c1ccccc1)C(=O)O. The van der Waals surface area contributed by atoms with E-state index in [1.165, 1.54) is 64.2 Å². The Bertz CT molecular complexity index is 730. The van der Waals surface area contributed by atoms with Crippen LogP contribution in [0.3, 0.4) is 0 Å². The minimum atomic E-state index is -1.08. The van der Waals surface area contributed by atoms with Gasteiger partial charge in [0.2, 0.25) is 0 Å². The summed E-state index contributed by atoms with van der Waals surface area (Å²) in [6.45, 7) is 4.41. The highest BCUT2D eigenvalue weighted by Crippen LogP contribution is 2.23. The second-order valence-electron chi connectivity index (χ2n) is 10.5. The van der Waals surface area contributed by atoms with Gasteiger partial charge in [0.05, 0.1) is 0 Å². The largest absolute Gasteiger partial charge is 0.481 e. The first-order valence-electron chi connectivity index (χ1n) is 15.0. The number of unbranched alkanes of at least 4 members (excludes halogenated alkanes) is 14. The lowest BCUT2D eigenvalue weighted by molar-refractivity contribution is -0.159. The summed E-state index contributed by atoms with van der Waals surface area (Å²) < 4.78 is 5.76. The Balaban J connectivity index is 2.62. The first kappa shape index (κ1) is 32.9. The molecule has 0 saturated carbocycles. The van der Waals surface area contributed by atoms with Gasteiger partial charge in [0.1, 0.15) is 12.0 Å². The first-order valence-corrected chi connectivity index (χ1v) is 15.0. The van der Waals surface area contributed by atoms with Crippen LogP contribution in [0.2, 0.25) is 0 Å². The van der Waals surface area contributed by atoms with Gasteiger partial charge in [0, 0.05) is 18.4 Å². The second-order valence-corrected chi connectivity index (χ2v) is 10.5. The van der Waals surface area contributed by atoms with E-state index in [4.69, 9.17) is 4.74 Å². The molecule has 1 aromatic carbocycles. The van der Waals surface area contributed by atoms with Gasteiger partial charge in [-0.3, -0.25) is 14.4 Å². The summed E-state index contributed by atoms with van der Waals surface area (Å²) in [5, 5.41) is 9.97. The van der Waals surface area contributed by atoms with Crippen molar-refractivity contribution >= 4 is 17.7 Å². The van der Waals surface area contributed by atoms with Gasteiger partial charge in [-0.05, 0) is 19.3 Å². The number of esters is 1. The number of aliphatic carboxylic acids is 1. The van der Waals surface area contributed by atoms with Crippen molar-refractivity contribution in [2.45, 2.75) is 142 Å². The molecule has 0 bridgehead atoms. The van der Waals surface area contributed by atoms with Crippen molar-refractivity contribution < 1.29 is 24.2 Å². The summed E-state index contributed by atoms with van der Waals surface area (Å²) in [4.78, 5) is 37.6. The number of ether oxygens (including phenoxy) is 1. The second kappa shape index (κ2) is 21.9. The fourth-order valence-electron chi connectivity index (χ4n) is 4.77. The summed E-state index contributed by atoms with van der Waals surface area (Å²) in [6.07, 6.45) is 18.0. The van der Waals surface area contributed by atoms with Crippen LogP contribution in [0.1, 0.15) is 146 Å². The Morgan fingerprint density at radius 1 is 0.703 bits per heavy atom. The molecular weight excluding hydrogens is 464 g/mol. The lowest BCUT2D eigenvalue weighted by Gasteiger charge is -2.24. The van der Waals surface area contributed by atoms with Crippen molar-refractivity contribution in [2.24, 2.45) is 5.92 Å². The van der Waals surface area contributed by atoms with Crippen LogP contribution in [-0.2, 0) is 14.3 Å². The van der Waals surface area contributed by atoms with Gasteiger partial charge in [-0.15, -0.1) is 0 Å². The predicted octanol–water partition coefficient (Wildman–Crippen LogP) is 8.93. The van der Waals surface area contributed by atoms with Gasteiger partial charge >= 0.3 is 11.9 Å². The summed E-state index contributed by atoms with van der Waals surface area (Å²) in [5.74, 6) is -2.67. The number of Topliss-reactive ketones (excluding diaryl/α,β-unsaturated/α-hetero) is 1. The van der Waals surface area contributed by atoms with Crippen LogP contribution in [0.5, 0.6) is 0 Å². The minimum Gasteiger partial charge on any atom is -0.481 e. The van der Waals surface area contributed by atoms with E-state index in [1.807, 2.05) is 6.07 Å². The van der Waals surface area contributed by atoms with Crippen LogP contribution >= 0.6 is 0 Å². The minimum absolute atomic E-state index is 0.161. The van der Waals surface area contributed by atoms with Gasteiger partial charge < -0.3 is 9.84 Å². The van der Waals surface area contributed by atoms with Gasteiger partial charge in [0.15, 0.2) is 5.78 Å². The molecule has 0 amide bonds. The lowest BCUT2D eigenvalue weighted by atomic mass is 9.90. The molecule has 0 aliphatic heterocycles. The average molecular weight is 517 g/mol. The highest BCUT2D eigenvalue weighted by atomic mass is 16.5. The van der Waals surface area contributed by atoms with E-state index in [0.29, 0.717) is 18.4 Å². The van der Waals surface area contributed by atoms with Gasteiger partial charge in [-0.25, -0.2) is 0 Å². The Kier molecular flexibility index (Phi) is 19.4. The molecule has 5 heteroatoms. The molecular formula is C32H52O5. The number of benzene rings is 1. The standard InChI is InChI=1S/C32H52O5/c1-3-5-7-9-11-12-14-15-20-24-30(37-31(34)25-21-16-13-10-8-6-4-2)28(32(35)36)26-29(33)27-22-18-17-19-23-27/h17-19,22-23,28,30H,3-16,20-21,24-26H2,1-2H3,(H,35,36)/t28-,30?/m1/s1. The van der Waals surface area contributed by atoms with Crippen LogP contribution in [0.25, 0.3) is 0 Å². The third-order valence-electron chi connectivity index (χ3n) is 7.13. The Hall–Kier alpha value is -2.17. The number of carboxylic acids is 1. The van der Waals surface area contributed by atoms with Gasteiger partial charge in [0.25, 0.3) is 0 Å². The number of carbonyl (C=O) groups excluding carboxylic acids is 2. The van der Waals surface area contributed by atoms with E-state index in [2.05, 4.69) is 13.8 Å². The monoisotopic (exact) mass is 516 g/mol. The highest BCUT2D eigenvalue weighted by molar-refractivity contribution is 5.98. The van der Waals surface area contributed by atoms with Crippen molar-refractivity contribution in [1.29, 1.82) is 0 Å². The molecule has 5 nitrogen and oxygen atoms in total. The van der Waals surface area contributed by atoms with Crippen molar-refractivity contribution in [1.82, 2.24) is 0 Å². The highest BCUT2D eigenvalue weighted by Gasteiger charge is 2.33. The maximum atomic E-state index is 12.8. The van der Waals surface area contributed by atoms with E-state index in [1.54, 1.807) is 24.3 Å². The van der Waals surface area contributed by atoms with Crippen molar-refractivity contribution in [3.8, 4) is 0 Å². The smallest absolute Gasteiger partial charge is 0.310 e. The van der Waals surface area contributed by atoms with E-state index >= 15 is 0 Å². The molecule has 0 heterocycles. The van der Waals surface area contributed by atoms with Crippen LogP contribution in [-0.4, -0.2) is 28.9 Å². The molecule has 1 aromatic rings. The van der Waals surface area contributed by atoms with Gasteiger partial charge in [-0.1, -0.05) is 134 Å². The number of rotatable bonds is 24. The Morgan fingerprint density at radius 3 is 1.70 bits per heavy atom. The molecule has 2 atom stereocenters. The van der Waals surface area contributed by atoms with Crippen LogP contribution in [0.4, 0.5) is 0 Å². The summed E-state index contributed by atoms with van der Waals surface area (Å²) >= 11 is 0. The molecule has 0 spiro atoms. The topological polar surface area (TPSA) is 80.7 Å². The average Bonchev–Trinajstić information content (AvgIpc) is 2.90. The molecule has 210 valence electrons. The predicted molar refractivity (Wildman–Crippen MR) is 151 cm³/mol. The Labute approximate surface area is 225 Å². The fourth-order valence-corrected chi connectivity index (χ4v) is 4.77. The molecule has 0 aliphatic carbocycles. The van der Waals surface area contributed by atoms with Crippen molar-refractivity contribution in [2.75, 3.05) is 0 Å². The van der Waals surface area contributed by atoms with E-state index < -0.39 is 18.0 Å². The number of hydrogen-bond acceptors (Lipinski definition) is 4. The van der Waals surface area contributed by atoms with E-state index in [0.717, 1.165) is 38.5 Å². The summed E-state index contributed by atoms with van der Waals surface area (Å²) in [5.41, 5.74) is 0.491. The molecule has 0 aromatic heterocycles. The van der Waals surface area contributed by atoms with Crippen LogP contribution < -0.4 is 0 Å². The maximum Gasteiger partial charge on any atom is 0.310 e. The maximum absolute atomic E-state index is 12.8. The summed E-state index contributed by atoms with van der Waals surface area (Å²) in [6, 6.07) is 8.76. The molecule has 0 saturated heterocycles. The molecule has 37 heavy (non-hydrogen) atoms. The lowest BCUT2D eigenvalue weighted by Crippen LogP contribution is -2.34. The normalized spacial score (nSPS) is 12.7. The van der Waals surface area contributed by atoms with Crippen LogP contribution in [0.15, 0.2) is 30.3 Å². The number of carbonyl (C=O) groups is 3. The fraction of sp³-hybridized carbons (Fsp3) is 0.719. The Morgan fingerprint density at radius 2 is 1.19 bits per heavy atom. The number of carboxylic acid groups (broad SMARTS) is 1. The zero-order chi connectivity index (χ0) is 27.1. The molecule has 0 aliphatic rings.